The van der Waals surface area contributed by atoms with Crippen LogP contribution in [0.2, 0.25) is 0 Å². The molecule has 0 saturated heterocycles. The van der Waals surface area contributed by atoms with Crippen LogP contribution in [0.3, 0.4) is 0 Å². The highest BCUT2D eigenvalue weighted by atomic mass is 35.7. The number of amides is 1. The van der Waals surface area contributed by atoms with E-state index in [0.29, 0.717) is 5.76 Å². The lowest BCUT2D eigenvalue weighted by Gasteiger charge is -2.03. The first-order valence-corrected chi connectivity index (χ1v) is 6.62. The molecule has 21 heavy (non-hydrogen) atoms. The SMILES string of the molecule is N=c1oc(-c2ccccc2)ccc1C(N)=O.[O-][Cl+3]([O-])([O-])O. The van der Waals surface area contributed by atoms with E-state index in [2.05, 4.69) is 0 Å². The van der Waals surface area contributed by atoms with Gasteiger partial charge in [0.05, 0.1) is 14.9 Å². The summed E-state index contributed by atoms with van der Waals surface area (Å²) in [6.45, 7) is 0. The molecular weight excluding hydrogens is 304 g/mol. The Morgan fingerprint density at radius 2 is 1.67 bits per heavy atom. The van der Waals surface area contributed by atoms with E-state index in [4.69, 9.17) is 34.2 Å². The number of nitrogens with two attached hydrogens (primary N) is 1. The summed E-state index contributed by atoms with van der Waals surface area (Å²) < 4.78 is 37.9. The monoisotopic (exact) mass is 314 g/mol. The van der Waals surface area contributed by atoms with Gasteiger partial charge in [0, 0.05) is 5.56 Å². The molecule has 0 saturated carbocycles. The maximum atomic E-state index is 10.9. The number of primary amides is 1. The summed E-state index contributed by atoms with van der Waals surface area (Å²) in [4.78, 5) is 10.9. The van der Waals surface area contributed by atoms with E-state index in [1.54, 1.807) is 6.07 Å². The van der Waals surface area contributed by atoms with Gasteiger partial charge in [-0.15, -0.1) is 0 Å². The zero-order valence-corrected chi connectivity index (χ0v) is 11.2. The fourth-order valence-corrected chi connectivity index (χ4v) is 1.39. The number of benzene rings is 1. The maximum Gasteiger partial charge on any atom is 0.254 e. The van der Waals surface area contributed by atoms with Gasteiger partial charge in [0.1, 0.15) is 11.3 Å². The largest absolute Gasteiger partial charge is 0.438 e. The summed E-state index contributed by atoms with van der Waals surface area (Å²) >= 11 is 0. The number of carbonyl (C=O) groups excluding carboxylic acids is 1. The lowest BCUT2D eigenvalue weighted by molar-refractivity contribution is -1.92. The molecule has 1 heterocycles. The Hall–Kier alpha value is -2.23. The molecule has 8 nitrogen and oxygen atoms in total. The van der Waals surface area contributed by atoms with Crippen LogP contribution >= 0.6 is 0 Å². The third-order valence-corrected chi connectivity index (χ3v) is 2.18. The van der Waals surface area contributed by atoms with Crippen molar-refractivity contribution >= 4 is 5.91 Å². The van der Waals surface area contributed by atoms with Crippen LogP contribution < -0.4 is 25.3 Å². The van der Waals surface area contributed by atoms with Crippen molar-refractivity contribution in [1.82, 2.24) is 0 Å². The Morgan fingerprint density at radius 3 is 2.10 bits per heavy atom. The Kier molecular flexibility index (Phi) is 5.59. The topological polar surface area (TPSA) is 169 Å². The van der Waals surface area contributed by atoms with Crippen LogP contribution in [0.1, 0.15) is 10.4 Å². The lowest BCUT2D eigenvalue weighted by atomic mass is 10.1. The number of hydrogen-bond donors (Lipinski definition) is 3. The second-order valence-corrected chi connectivity index (χ2v) is 4.46. The van der Waals surface area contributed by atoms with Crippen molar-refractivity contribution in [2.75, 3.05) is 0 Å². The van der Waals surface area contributed by atoms with Gasteiger partial charge in [0.2, 0.25) is 5.55 Å². The van der Waals surface area contributed by atoms with Crippen molar-refractivity contribution in [2.45, 2.75) is 0 Å². The normalized spacial score (nSPS) is 10.5. The molecule has 0 unspecified atom stereocenters. The van der Waals surface area contributed by atoms with Crippen LogP contribution in [0.25, 0.3) is 11.3 Å². The van der Waals surface area contributed by atoms with Crippen molar-refractivity contribution < 1.29 is 38.1 Å². The Balaban J connectivity index is 0.000000383. The van der Waals surface area contributed by atoms with E-state index >= 15 is 0 Å². The Morgan fingerprint density at radius 1 is 1.14 bits per heavy atom. The molecule has 4 N–H and O–H groups in total. The highest BCUT2D eigenvalue weighted by molar-refractivity contribution is 5.92. The molecule has 0 aliphatic carbocycles. The first-order valence-electron chi connectivity index (χ1n) is 5.35. The van der Waals surface area contributed by atoms with Gasteiger partial charge in [0.15, 0.2) is 0 Å². The number of rotatable bonds is 2. The summed E-state index contributed by atoms with van der Waals surface area (Å²) in [6.07, 6.45) is 0. The lowest BCUT2D eigenvalue weighted by Crippen LogP contribution is -2.58. The minimum Gasteiger partial charge on any atom is -0.438 e. The number of carbonyl (C=O) groups is 1. The van der Waals surface area contributed by atoms with Crippen molar-refractivity contribution in [3.05, 3.63) is 53.6 Å². The molecule has 0 bridgehead atoms. The third-order valence-electron chi connectivity index (χ3n) is 2.18. The average Bonchev–Trinajstić information content (AvgIpc) is 2.37. The third kappa shape index (κ3) is 6.17. The van der Waals surface area contributed by atoms with Gasteiger partial charge < -0.3 is 10.2 Å². The standard InChI is InChI=1S/C12H10N2O2.ClHO4/c13-11(15)9-6-7-10(16-12(9)14)8-4-2-1-3-5-8;2-1(3,4)5/h1-7,14H,(H2,13,15);(H,2,3,4,5). The van der Waals surface area contributed by atoms with Crippen LogP contribution in [-0.4, -0.2) is 10.6 Å². The molecule has 2 rings (SSSR count). The predicted molar refractivity (Wildman–Crippen MR) is 60.7 cm³/mol. The first-order chi connectivity index (χ1) is 9.68. The molecule has 1 aromatic carbocycles. The van der Waals surface area contributed by atoms with Crippen molar-refractivity contribution in [3.63, 3.8) is 0 Å². The molecule has 112 valence electrons. The summed E-state index contributed by atoms with van der Waals surface area (Å²) in [5.74, 6) is -0.121. The van der Waals surface area contributed by atoms with Crippen LogP contribution in [0.5, 0.6) is 0 Å². The van der Waals surface area contributed by atoms with Crippen LogP contribution in [-0.2, 0) is 0 Å². The Bertz CT molecular complexity index is 659. The molecule has 0 atom stereocenters. The van der Waals surface area contributed by atoms with Crippen molar-refractivity contribution in [1.29, 1.82) is 5.41 Å². The maximum absolute atomic E-state index is 10.9. The number of halogens is 1. The van der Waals surface area contributed by atoms with Gasteiger partial charge in [0.25, 0.3) is 5.91 Å². The van der Waals surface area contributed by atoms with Crippen LogP contribution in [0, 0.1) is 15.7 Å². The smallest absolute Gasteiger partial charge is 0.254 e. The first kappa shape index (κ1) is 16.8. The van der Waals surface area contributed by atoms with E-state index in [0.717, 1.165) is 5.56 Å². The molecule has 0 radical (unpaired) electrons. The highest BCUT2D eigenvalue weighted by Crippen LogP contribution is 2.16. The van der Waals surface area contributed by atoms with Crippen molar-refractivity contribution in [2.24, 2.45) is 5.73 Å². The minimum atomic E-state index is -4.69. The number of nitrogens with one attached hydrogen (secondary N) is 1. The summed E-state index contributed by atoms with van der Waals surface area (Å²) in [7, 11) is -4.69. The minimum absolute atomic E-state index is 0.0830. The van der Waals surface area contributed by atoms with E-state index in [9.17, 15) is 4.79 Å². The number of hydrogen-bond acceptors (Lipinski definition) is 7. The summed E-state index contributed by atoms with van der Waals surface area (Å²) in [5.41, 5.74) is 5.81. The predicted octanol–water partition coefficient (Wildman–Crippen LogP) is -2.60. The van der Waals surface area contributed by atoms with Gasteiger partial charge in [-0.2, -0.15) is 14.0 Å². The van der Waals surface area contributed by atoms with E-state index in [1.165, 1.54) is 6.07 Å². The fourth-order valence-electron chi connectivity index (χ4n) is 1.39. The van der Waals surface area contributed by atoms with E-state index < -0.39 is 16.2 Å². The molecule has 0 fully saturated rings. The molecule has 9 heteroatoms. The van der Waals surface area contributed by atoms with Gasteiger partial charge in [-0.05, 0) is 12.1 Å². The summed E-state index contributed by atoms with van der Waals surface area (Å²) in [5, 5.41) is 7.52. The molecule has 2 aromatic rings. The molecule has 0 aliphatic rings. The van der Waals surface area contributed by atoms with Crippen LogP contribution in [0.4, 0.5) is 0 Å². The zero-order valence-electron chi connectivity index (χ0n) is 10.5. The molecule has 0 aliphatic heterocycles. The van der Waals surface area contributed by atoms with Crippen molar-refractivity contribution in [3.8, 4) is 11.3 Å². The zero-order chi connectivity index (χ0) is 16.0. The molecule has 1 aromatic heterocycles. The average molecular weight is 315 g/mol. The van der Waals surface area contributed by atoms with Gasteiger partial charge in [-0.1, -0.05) is 30.3 Å². The quantitative estimate of drug-likeness (QED) is 0.548. The highest BCUT2D eigenvalue weighted by Gasteiger charge is 2.07. The van der Waals surface area contributed by atoms with E-state index in [1.807, 2.05) is 30.3 Å². The second kappa shape index (κ2) is 6.97. The van der Waals surface area contributed by atoms with Crippen LogP contribution in [0.15, 0.2) is 46.9 Å². The molecule has 1 amide bonds. The van der Waals surface area contributed by atoms with E-state index in [-0.39, 0.29) is 11.1 Å². The Labute approximate surface area is 120 Å². The van der Waals surface area contributed by atoms with Gasteiger partial charge in [-0.25, -0.2) is 0 Å². The van der Waals surface area contributed by atoms with Gasteiger partial charge in [-0.3, -0.25) is 10.2 Å². The molecular formula is C12H11ClN2O6. The summed E-state index contributed by atoms with van der Waals surface area (Å²) in [6, 6.07) is 12.5. The van der Waals surface area contributed by atoms with Gasteiger partial charge >= 0.3 is 0 Å². The fraction of sp³-hybridized carbons (Fsp3) is 0. The second-order valence-electron chi connectivity index (χ2n) is 3.67. The molecule has 0 spiro atoms.